The summed E-state index contributed by atoms with van der Waals surface area (Å²) in [7, 11) is 0. The number of benzene rings is 2. The van der Waals surface area contributed by atoms with Crippen molar-refractivity contribution in [2.75, 3.05) is 5.32 Å². The first kappa shape index (κ1) is 18.8. The van der Waals surface area contributed by atoms with Gasteiger partial charge in [-0.2, -0.15) is 5.26 Å². The molecular weight excluding hydrogens is 368 g/mol. The highest BCUT2D eigenvalue weighted by atomic mass is 16.5. The van der Waals surface area contributed by atoms with Gasteiger partial charge < -0.3 is 14.5 Å². The van der Waals surface area contributed by atoms with E-state index in [0.29, 0.717) is 11.3 Å². The van der Waals surface area contributed by atoms with Crippen LogP contribution in [0.15, 0.2) is 47.1 Å². The van der Waals surface area contributed by atoms with Gasteiger partial charge in [-0.3, -0.25) is 9.59 Å². The summed E-state index contributed by atoms with van der Waals surface area (Å²) < 4.78 is 10.9. The van der Waals surface area contributed by atoms with Gasteiger partial charge >= 0.3 is 5.97 Å². The fourth-order valence-corrected chi connectivity index (χ4v) is 3.66. The molecule has 2 aromatic carbocycles. The van der Waals surface area contributed by atoms with Crippen LogP contribution in [0.5, 0.6) is 0 Å². The van der Waals surface area contributed by atoms with Crippen molar-refractivity contribution in [1.29, 1.82) is 5.26 Å². The molecule has 146 valence electrons. The number of hydrogen-bond acceptors (Lipinski definition) is 5. The molecule has 6 nitrogen and oxygen atoms in total. The van der Waals surface area contributed by atoms with E-state index < -0.39 is 18.0 Å². The Hall–Kier alpha value is -3.59. The number of ether oxygens (including phenoxy) is 1. The van der Waals surface area contributed by atoms with E-state index in [4.69, 9.17) is 14.4 Å². The highest BCUT2D eigenvalue weighted by Crippen LogP contribution is 2.30. The number of esters is 1. The van der Waals surface area contributed by atoms with Crippen LogP contribution in [0.25, 0.3) is 11.0 Å². The van der Waals surface area contributed by atoms with Gasteiger partial charge in [0.05, 0.1) is 23.9 Å². The Balaban J connectivity index is 1.41. The molecule has 0 bridgehead atoms. The third-order valence-electron chi connectivity index (χ3n) is 5.19. The first-order valence-electron chi connectivity index (χ1n) is 9.56. The lowest BCUT2D eigenvalue weighted by molar-refractivity contribution is -0.152. The van der Waals surface area contributed by atoms with Crippen molar-refractivity contribution in [3.63, 3.8) is 0 Å². The Bertz CT molecular complexity index is 1140. The van der Waals surface area contributed by atoms with Crippen LogP contribution in [0.3, 0.4) is 0 Å². The van der Waals surface area contributed by atoms with E-state index in [1.165, 1.54) is 18.1 Å². The molecule has 0 fully saturated rings. The van der Waals surface area contributed by atoms with Gasteiger partial charge in [-0.15, -0.1) is 0 Å². The molecule has 6 heteroatoms. The monoisotopic (exact) mass is 388 g/mol. The number of carbonyl (C=O) groups excluding carboxylic acids is 2. The van der Waals surface area contributed by atoms with Crippen LogP contribution >= 0.6 is 0 Å². The second kappa shape index (κ2) is 7.80. The molecular formula is C23H20N2O4. The van der Waals surface area contributed by atoms with E-state index in [-0.39, 0.29) is 6.42 Å². The number of hydrogen-bond donors (Lipinski definition) is 1. The van der Waals surface area contributed by atoms with Gasteiger partial charge in [-0.25, -0.2) is 0 Å². The summed E-state index contributed by atoms with van der Waals surface area (Å²) in [6.07, 6.45) is 3.86. The summed E-state index contributed by atoms with van der Waals surface area (Å²) in [6, 6.07) is 12.8. The topological polar surface area (TPSA) is 92.3 Å². The Morgan fingerprint density at radius 2 is 2.00 bits per heavy atom. The highest BCUT2D eigenvalue weighted by molar-refractivity contribution is 5.96. The molecule has 1 atom stereocenters. The molecule has 1 heterocycles. The van der Waals surface area contributed by atoms with Crippen LogP contribution in [0, 0.1) is 11.3 Å². The van der Waals surface area contributed by atoms with Crippen molar-refractivity contribution in [2.45, 2.75) is 38.7 Å². The number of aryl methyl sites for hydroxylation is 2. The van der Waals surface area contributed by atoms with Gasteiger partial charge in [0.2, 0.25) is 0 Å². The van der Waals surface area contributed by atoms with E-state index in [1.807, 2.05) is 6.07 Å². The summed E-state index contributed by atoms with van der Waals surface area (Å²) in [5.74, 6) is -1.000. The van der Waals surface area contributed by atoms with Crippen molar-refractivity contribution in [3.05, 3.63) is 64.9 Å². The molecule has 1 amide bonds. The van der Waals surface area contributed by atoms with Crippen LogP contribution in [0.1, 0.15) is 35.6 Å². The molecule has 1 aromatic heterocycles. The SMILES string of the molecule is C[C@H](OC(=O)Cc1coc2cc3c(cc12)CCC3)C(=O)Nc1ccccc1C#N. The number of nitrogens with one attached hydrogen (secondary N) is 1. The fraction of sp³-hybridized carbons (Fsp3) is 0.261. The van der Waals surface area contributed by atoms with Crippen LogP contribution in [-0.4, -0.2) is 18.0 Å². The Morgan fingerprint density at radius 3 is 2.79 bits per heavy atom. The van der Waals surface area contributed by atoms with Crippen molar-refractivity contribution in [1.82, 2.24) is 0 Å². The van der Waals surface area contributed by atoms with Crippen molar-refractivity contribution >= 4 is 28.5 Å². The maximum absolute atomic E-state index is 12.4. The normalized spacial score (nSPS) is 13.5. The zero-order valence-electron chi connectivity index (χ0n) is 16.0. The van der Waals surface area contributed by atoms with Gasteiger partial charge in [0, 0.05) is 10.9 Å². The molecule has 0 spiro atoms. The van der Waals surface area contributed by atoms with E-state index in [1.54, 1.807) is 30.5 Å². The average Bonchev–Trinajstić information content (AvgIpc) is 3.33. The van der Waals surface area contributed by atoms with Gasteiger partial charge in [0.15, 0.2) is 6.10 Å². The number of carbonyl (C=O) groups is 2. The minimum absolute atomic E-state index is 0.0260. The maximum atomic E-state index is 12.4. The number of anilines is 1. The van der Waals surface area contributed by atoms with Gasteiger partial charge in [-0.05, 0) is 61.6 Å². The lowest BCUT2D eigenvalue weighted by Crippen LogP contribution is -2.30. The van der Waals surface area contributed by atoms with E-state index in [0.717, 1.165) is 35.8 Å². The standard InChI is InChI=1S/C23H20N2O4/c1-14(23(27)25-20-8-3-2-5-17(20)12-24)29-22(26)11-18-13-28-21-10-16-7-4-6-15(16)9-19(18)21/h2-3,5,8-10,13-14H,4,6-7,11H2,1H3,(H,25,27)/t14-/m0/s1. The molecule has 1 aliphatic carbocycles. The first-order chi connectivity index (χ1) is 14.0. The predicted molar refractivity (Wildman–Crippen MR) is 107 cm³/mol. The molecule has 0 saturated heterocycles. The largest absolute Gasteiger partial charge is 0.464 e. The second-order valence-corrected chi connectivity index (χ2v) is 7.19. The summed E-state index contributed by atoms with van der Waals surface area (Å²) in [5, 5.41) is 12.7. The van der Waals surface area contributed by atoms with E-state index in [2.05, 4.69) is 17.4 Å². The quantitative estimate of drug-likeness (QED) is 0.669. The molecule has 0 radical (unpaired) electrons. The molecule has 0 aliphatic heterocycles. The second-order valence-electron chi connectivity index (χ2n) is 7.19. The van der Waals surface area contributed by atoms with Crippen LogP contribution < -0.4 is 5.32 Å². The smallest absolute Gasteiger partial charge is 0.311 e. The summed E-state index contributed by atoms with van der Waals surface area (Å²) in [5.41, 5.74) is 4.87. The number of nitrogens with zero attached hydrogens (tertiary/aromatic N) is 1. The first-order valence-corrected chi connectivity index (χ1v) is 9.56. The number of para-hydroxylation sites is 1. The lowest BCUT2D eigenvalue weighted by Gasteiger charge is -2.14. The number of rotatable bonds is 5. The number of fused-ring (bicyclic) bond motifs is 2. The molecule has 4 rings (SSSR count). The number of amides is 1. The van der Waals surface area contributed by atoms with Crippen molar-refractivity contribution < 1.29 is 18.7 Å². The summed E-state index contributed by atoms with van der Waals surface area (Å²) >= 11 is 0. The third kappa shape index (κ3) is 3.85. The highest BCUT2D eigenvalue weighted by Gasteiger charge is 2.21. The summed E-state index contributed by atoms with van der Waals surface area (Å²) in [4.78, 5) is 24.7. The Morgan fingerprint density at radius 1 is 1.24 bits per heavy atom. The Kier molecular flexibility index (Phi) is 5.05. The minimum atomic E-state index is -0.989. The zero-order chi connectivity index (χ0) is 20.4. The fourth-order valence-electron chi connectivity index (χ4n) is 3.66. The maximum Gasteiger partial charge on any atom is 0.311 e. The molecule has 1 aliphatic rings. The van der Waals surface area contributed by atoms with Crippen LogP contribution in [0.4, 0.5) is 5.69 Å². The number of furan rings is 1. The lowest BCUT2D eigenvalue weighted by atomic mass is 10.0. The summed E-state index contributed by atoms with van der Waals surface area (Å²) in [6.45, 7) is 1.50. The van der Waals surface area contributed by atoms with Crippen molar-refractivity contribution in [3.8, 4) is 6.07 Å². The molecule has 1 N–H and O–H groups in total. The number of nitriles is 1. The predicted octanol–water partition coefficient (Wildman–Crippen LogP) is 3.91. The molecule has 29 heavy (non-hydrogen) atoms. The van der Waals surface area contributed by atoms with Crippen LogP contribution in [0.2, 0.25) is 0 Å². The minimum Gasteiger partial charge on any atom is -0.464 e. The molecule has 0 saturated carbocycles. The van der Waals surface area contributed by atoms with E-state index >= 15 is 0 Å². The van der Waals surface area contributed by atoms with Gasteiger partial charge in [0.25, 0.3) is 5.91 Å². The van der Waals surface area contributed by atoms with Crippen LogP contribution in [-0.2, 0) is 33.6 Å². The molecule has 0 unspecified atom stereocenters. The average molecular weight is 388 g/mol. The third-order valence-corrected chi connectivity index (χ3v) is 5.19. The van der Waals surface area contributed by atoms with E-state index in [9.17, 15) is 9.59 Å². The van der Waals surface area contributed by atoms with Gasteiger partial charge in [-0.1, -0.05) is 12.1 Å². The van der Waals surface area contributed by atoms with Crippen molar-refractivity contribution in [2.24, 2.45) is 0 Å². The molecule has 3 aromatic rings. The Labute approximate surface area is 168 Å². The van der Waals surface area contributed by atoms with Gasteiger partial charge in [0.1, 0.15) is 11.7 Å². The zero-order valence-corrected chi connectivity index (χ0v) is 16.0.